The van der Waals surface area contributed by atoms with E-state index in [1.807, 2.05) is 7.05 Å². The molecule has 13 heavy (non-hydrogen) atoms. The maximum Gasteiger partial charge on any atom is 0.0986 e. The molecule has 0 radical (unpaired) electrons. The van der Waals surface area contributed by atoms with E-state index in [0.29, 0.717) is 19.3 Å². The summed E-state index contributed by atoms with van der Waals surface area (Å²) in [6.07, 6.45) is 1.46. The minimum absolute atomic E-state index is 0.196. The van der Waals surface area contributed by atoms with E-state index >= 15 is 0 Å². The van der Waals surface area contributed by atoms with Crippen molar-refractivity contribution in [3.05, 3.63) is 0 Å². The van der Waals surface area contributed by atoms with Gasteiger partial charge in [-0.05, 0) is 13.5 Å². The topological polar surface area (TPSA) is 39.7 Å². The van der Waals surface area contributed by atoms with Gasteiger partial charge < -0.3 is 19.5 Å². The number of ether oxygens (including phenoxy) is 3. The average Bonchev–Trinajstić information content (AvgIpc) is 2.11. The van der Waals surface area contributed by atoms with Crippen molar-refractivity contribution in [1.82, 2.24) is 5.32 Å². The first-order valence-electron chi connectivity index (χ1n) is 4.64. The van der Waals surface area contributed by atoms with Crippen LogP contribution in [0.4, 0.5) is 0 Å². The Morgan fingerprint density at radius 2 is 2.08 bits per heavy atom. The van der Waals surface area contributed by atoms with Gasteiger partial charge in [0.05, 0.1) is 25.4 Å². The first-order chi connectivity index (χ1) is 6.33. The van der Waals surface area contributed by atoms with Gasteiger partial charge in [0.15, 0.2) is 0 Å². The second-order valence-corrected chi connectivity index (χ2v) is 3.23. The van der Waals surface area contributed by atoms with Crippen molar-refractivity contribution in [3.63, 3.8) is 0 Å². The lowest BCUT2D eigenvalue weighted by molar-refractivity contribution is -0.137. The predicted octanol–water partition coefficient (Wildman–Crippen LogP) is 0.0247. The lowest BCUT2D eigenvalue weighted by Crippen LogP contribution is -2.59. The van der Waals surface area contributed by atoms with Gasteiger partial charge in [-0.3, -0.25) is 0 Å². The Labute approximate surface area is 79.5 Å². The minimum Gasteiger partial charge on any atom is -0.382 e. The van der Waals surface area contributed by atoms with Crippen molar-refractivity contribution in [2.75, 3.05) is 34.5 Å². The number of hydrogen-bond acceptors (Lipinski definition) is 4. The maximum absolute atomic E-state index is 5.56. The van der Waals surface area contributed by atoms with E-state index in [9.17, 15) is 0 Å². The molecule has 1 saturated carbocycles. The van der Waals surface area contributed by atoms with E-state index in [4.69, 9.17) is 14.2 Å². The van der Waals surface area contributed by atoms with E-state index in [0.717, 1.165) is 6.42 Å². The number of methoxy groups -OCH3 is 2. The Hall–Kier alpha value is -0.160. The molecule has 1 rings (SSSR count). The fraction of sp³-hybridized carbons (Fsp3) is 1.00. The first-order valence-corrected chi connectivity index (χ1v) is 4.64. The van der Waals surface area contributed by atoms with E-state index < -0.39 is 0 Å². The number of nitrogens with one attached hydrogen (secondary N) is 1. The highest BCUT2D eigenvalue weighted by Gasteiger charge is 2.41. The van der Waals surface area contributed by atoms with Crippen LogP contribution in [-0.2, 0) is 14.2 Å². The summed E-state index contributed by atoms with van der Waals surface area (Å²) in [5, 5.41) is 3.19. The van der Waals surface area contributed by atoms with Gasteiger partial charge in [-0.25, -0.2) is 0 Å². The molecule has 0 aliphatic heterocycles. The molecule has 3 unspecified atom stereocenters. The second kappa shape index (κ2) is 5.54. The Bertz CT molecular complexity index is 143. The van der Waals surface area contributed by atoms with E-state index in [1.54, 1.807) is 14.2 Å². The van der Waals surface area contributed by atoms with Crippen molar-refractivity contribution in [2.24, 2.45) is 0 Å². The molecule has 0 aromatic carbocycles. The molecule has 0 bridgehead atoms. The van der Waals surface area contributed by atoms with Gasteiger partial charge in [0.1, 0.15) is 0 Å². The molecule has 4 heteroatoms. The lowest BCUT2D eigenvalue weighted by atomic mass is 9.85. The summed E-state index contributed by atoms with van der Waals surface area (Å²) >= 11 is 0. The molecule has 0 heterocycles. The molecular formula is C9H19NO3. The largest absolute Gasteiger partial charge is 0.382 e. The molecule has 1 aliphatic carbocycles. The van der Waals surface area contributed by atoms with Gasteiger partial charge >= 0.3 is 0 Å². The molecule has 0 aromatic rings. The summed E-state index contributed by atoms with van der Waals surface area (Å²) in [5.41, 5.74) is 0. The van der Waals surface area contributed by atoms with E-state index in [2.05, 4.69) is 5.32 Å². The highest BCUT2D eigenvalue weighted by molar-refractivity contribution is 4.96. The molecule has 1 fully saturated rings. The minimum atomic E-state index is 0.196. The molecule has 78 valence electrons. The van der Waals surface area contributed by atoms with Crippen LogP contribution in [0.15, 0.2) is 0 Å². The lowest BCUT2D eigenvalue weighted by Gasteiger charge is -2.42. The van der Waals surface area contributed by atoms with Crippen LogP contribution in [0.2, 0.25) is 0 Å². The van der Waals surface area contributed by atoms with Gasteiger partial charge in [0.25, 0.3) is 0 Å². The third-order valence-electron chi connectivity index (χ3n) is 2.51. The van der Waals surface area contributed by atoms with E-state index in [1.165, 1.54) is 0 Å². The standard InChI is InChI=1S/C9H19NO3/c1-10-7-6-8(9(7)12-3)13-5-4-11-2/h7-10H,4-6H2,1-3H3. The van der Waals surface area contributed by atoms with Gasteiger partial charge in [0.2, 0.25) is 0 Å². The van der Waals surface area contributed by atoms with Gasteiger partial charge in [0, 0.05) is 20.3 Å². The zero-order valence-corrected chi connectivity index (χ0v) is 8.58. The van der Waals surface area contributed by atoms with Crippen molar-refractivity contribution < 1.29 is 14.2 Å². The summed E-state index contributed by atoms with van der Waals surface area (Å²) in [4.78, 5) is 0. The second-order valence-electron chi connectivity index (χ2n) is 3.23. The summed E-state index contributed by atoms with van der Waals surface area (Å²) in [5.74, 6) is 0. The third-order valence-corrected chi connectivity index (χ3v) is 2.51. The van der Waals surface area contributed by atoms with Crippen LogP contribution in [0, 0.1) is 0 Å². The Morgan fingerprint density at radius 3 is 2.62 bits per heavy atom. The molecule has 0 spiro atoms. The zero-order chi connectivity index (χ0) is 9.68. The highest BCUT2D eigenvalue weighted by atomic mass is 16.6. The summed E-state index contributed by atoms with van der Waals surface area (Å²) < 4.78 is 15.8. The third kappa shape index (κ3) is 2.64. The monoisotopic (exact) mass is 189 g/mol. The number of likely N-dealkylation sites (N-methyl/N-ethyl adjacent to an activating group) is 1. The quantitative estimate of drug-likeness (QED) is 0.598. The SMILES string of the molecule is CNC1CC(OCCOC)C1OC. The first kappa shape index (κ1) is 10.9. The zero-order valence-electron chi connectivity index (χ0n) is 8.58. The average molecular weight is 189 g/mol. The van der Waals surface area contributed by atoms with Crippen molar-refractivity contribution in [1.29, 1.82) is 0 Å². The molecule has 1 N–H and O–H groups in total. The van der Waals surface area contributed by atoms with Gasteiger partial charge in [-0.2, -0.15) is 0 Å². The number of rotatable bonds is 6. The van der Waals surface area contributed by atoms with Crippen LogP contribution in [0.5, 0.6) is 0 Å². The fourth-order valence-electron chi connectivity index (χ4n) is 1.63. The normalized spacial score (nSPS) is 33.0. The predicted molar refractivity (Wildman–Crippen MR) is 49.9 cm³/mol. The van der Waals surface area contributed by atoms with Crippen LogP contribution in [-0.4, -0.2) is 52.7 Å². The molecule has 0 aromatic heterocycles. The van der Waals surface area contributed by atoms with Crippen LogP contribution in [0.25, 0.3) is 0 Å². The summed E-state index contributed by atoms with van der Waals surface area (Å²) in [6, 6.07) is 0.442. The van der Waals surface area contributed by atoms with E-state index in [-0.39, 0.29) is 12.2 Å². The van der Waals surface area contributed by atoms with Gasteiger partial charge in [-0.15, -0.1) is 0 Å². The van der Waals surface area contributed by atoms with Gasteiger partial charge in [-0.1, -0.05) is 0 Å². The van der Waals surface area contributed by atoms with Crippen molar-refractivity contribution in [3.8, 4) is 0 Å². The Balaban J connectivity index is 2.14. The number of hydrogen-bond donors (Lipinski definition) is 1. The molecular weight excluding hydrogens is 170 g/mol. The van der Waals surface area contributed by atoms with Crippen LogP contribution in [0.1, 0.15) is 6.42 Å². The van der Waals surface area contributed by atoms with Crippen LogP contribution < -0.4 is 5.32 Å². The van der Waals surface area contributed by atoms with Crippen molar-refractivity contribution in [2.45, 2.75) is 24.7 Å². The van der Waals surface area contributed by atoms with Crippen LogP contribution in [0.3, 0.4) is 0 Å². The molecule has 0 amide bonds. The molecule has 0 saturated heterocycles. The summed E-state index contributed by atoms with van der Waals surface area (Å²) in [6.45, 7) is 1.30. The molecule has 3 atom stereocenters. The smallest absolute Gasteiger partial charge is 0.0986 e. The fourth-order valence-corrected chi connectivity index (χ4v) is 1.63. The Morgan fingerprint density at radius 1 is 1.31 bits per heavy atom. The highest BCUT2D eigenvalue weighted by Crippen LogP contribution is 2.26. The van der Waals surface area contributed by atoms with Crippen molar-refractivity contribution >= 4 is 0 Å². The Kier molecular flexibility index (Phi) is 4.66. The maximum atomic E-state index is 5.56. The molecule has 1 aliphatic rings. The summed E-state index contributed by atoms with van der Waals surface area (Å²) in [7, 11) is 5.34. The molecule has 4 nitrogen and oxygen atoms in total. The van der Waals surface area contributed by atoms with Crippen LogP contribution >= 0.6 is 0 Å².